The molecule has 39 heavy (non-hydrogen) atoms. The van der Waals surface area contributed by atoms with E-state index in [-0.39, 0.29) is 22.9 Å². The summed E-state index contributed by atoms with van der Waals surface area (Å²) in [5, 5.41) is 2.71. The average Bonchev–Trinajstić information content (AvgIpc) is 3.48. The van der Waals surface area contributed by atoms with E-state index in [1.54, 1.807) is 43.3 Å². The lowest BCUT2D eigenvalue weighted by Gasteiger charge is -2.26. The smallest absolute Gasteiger partial charge is 0.264 e. The summed E-state index contributed by atoms with van der Waals surface area (Å²) in [5.41, 5.74) is 2.04. The number of nitrogens with one attached hydrogen (secondary N) is 1. The Morgan fingerprint density at radius 1 is 0.897 bits per heavy atom. The number of sulfonamides is 2. The molecule has 1 heterocycles. The molecule has 4 rings (SSSR count). The summed E-state index contributed by atoms with van der Waals surface area (Å²) in [6, 6.07) is 19.7. The van der Waals surface area contributed by atoms with Crippen molar-refractivity contribution in [3.8, 4) is 5.75 Å². The van der Waals surface area contributed by atoms with Crippen LogP contribution in [-0.2, 0) is 24.8 Å². The summed E-state index contributed by atoms with van der Waals surface area (Å²) in [7, 11) is -7.49. The maximum Gasteiger partial charge on any atom is 0.264 e. The number of benzene rings is 3. The van der Waals surface area contributed by atoms with E-state index in [1.807, 2.05) is 19.1 Å². The number of aryl methyl sites for hydroxylation is 2. The SMILES string of the molecule is Cc1ccc(C)c(N(CC(=O)NCCOc2ccc(S(=O)(=O)N3CCCC3)cc2)S(=O)(=O)c2ccccc2)c1. The summed E-state index contributed by atoms with van der Waals surface area (Å²) in [6.07, 6.45) is 1.74. The molecule has 1 aliphatic rings. The molecule has 11 heteroatoms. The molecule has 0 aromatic heterocycles. The minimum Gasteiger partial charge on any atom is -0.492 e. The van der Waals surface area contributed by atoms with Crippen molar-refractivity contribution in [3.05, 3.63) is 83.9 Å². The van der Waals surface area contributed by atoms with Crippen molar-refractivity contribution in [2.45, 2.75) is 36.5 Å². The van der Waals surface area contributed by atoms with Gasteiger partial charge in [-0.15, -0.1) is 0 Å². The van der Waals surface area contributed by atoms with Crippen molar-refractivity contribution < 1.29 is 26.4 Å². The van der Waals surface area contributed by atoms with Crippen molar-refractivity contribution in [1.82, 2.24) is 9.62 Å². The predicted octanol–water partition coefficient (Wildman–Crippen LogP) is 3.48. The Morgan fingerprint density at radius 3 is 2.23 bits per heavy atom. The van der Waals surface area contributed by atoms with E-state index in [9.17, 15) is 21.6 Å². The molecule has 1 amide bonds. The van der Waals surface area contributed by atoms with Gasteiger partial charge in [0, 0.05) is 13.1 Å². The number of hydrogen-bond donors (Lipinski definition) is 1. The summed E-state index contributed by atoms with van der Waals surface area (Å²) in [6.45, 7) is 4.60. The normalized spacial score (nSPS) is 14.2. The van der Waals surface area contributed by atoms with Crippen LogP contribution in [0.4, 0.5) is 5.69 Å². The lowest BCUT2D eigenvalue weighted by atomic mass is 10.1. The van der Waals surface area contributed by atoms with Crippen LogP contribution >= 0.6 is 0 Å². The second kappa shape index (κ2) is 12.2. The van der Waals surface area contributed by atoms with Crippen LogP contribution in [0.5, 0.6) is 5.75 Å². The van der Waals surface area contributed by atoms with Crippen molar-refractivity contribution in [2.24, 2.45) is 0 Å². The van der Waals surface area contributed by atoms with Crippen LogP contribution in [0.3, 0.4) is 0 Å². The van der Waals surface area contributed by atoms with E-state index in [1.165, 1.54) is 28.6 Å². The van der Waals surface area contributed by atoms with Gasteiger partial charge >= 0.3 is 0 Å². The number of nitrogens with zero attached hydrogens (tertiary/aromatic N) is 2. The largest absolute Gasteiger partial charge is 0.492 e. The second-order valence-corrected chi connectivity index (χ2v) is 13.2. The maximum absolute atomic E-state index is 13.5. The van der Waals surface area contributed by atoms with Crippen LogP contribution in [0.25, 0.3) is 0 Å². The third kappa shape index (κ3) is 6.78. The van der Waals surface area contributed by atoms with Gasteiger partial charge in [0.25, 0.3) is 10.0 Å². The van der Waals surface area contributed by atoms with Gasteiger partial charge in [0.2, 0.25) is 15.9 Å². The number of rotatable bonds is 11. The van der Waals surface area contributed by atoms with Crippen LogP contribution in [0.15, 0.2) is 82.6 Å². The summed E-state index contributed by atoms with van der Waals surface area (Å²) >= 11 is 0. The van der Waals surface area contributed by atoms with Gasteiger partial charge < -0.3 is 10.1 Å². The molecule has 3 aromatic rings. The Balaban J connectivity index is 1.37. The standard InChI is InChI=1S/C28H33N3O6S2/c1-22-10-11-23(2)27(20-22)31(39(35,36)25-8-4-3-5-9-25)21-28(32)29-16-19-37-24-12-14-26(15-13-24)38(33,34)30-17-6-7-18-30/h3-5,8-15,20H,6-7,16-19,21H2,1-2H3,(H,29,32). The Labute approximate surface area is 230 Å². The number of carbonyl (C=O) groups excluding carboxylic acids is 1. The average molecular weight is 572 g/mol. The molecule has 0 bridgehead atoms. The zero-order valence-electron chi connectivity index (χ0n) is 22.0. The minimum atomic E-state index is -4.00. The Hall–Kier alpha value is -3.41. The molecule has 0 aliphatic carbocycles. The molecule has 0 spiro atoms. The van der Waals surface area contributed by atoms with Gasteiger partial charge in [0.05, 0.1) is 22.0 Å². The van der Waals surface area contributed by atoms with E-state index < -0.39 is 32.5 Å². The van der Waals surface area contributed by atoms with Gasteiger partial charge in [-0.25, -0.2) is 16.8 Å². The van der Waals surface area contributed by atoms with E-state index in [4.69, 9.17) is 4.74 Å². The fourth-order valence-electron chi connectivity index (χ4n) is 4.34. The first-order valence-electron chi connectivity index (χ1n) is 12.7. The maximum atomic E-state index is 13.5. The van der Waals surface area contributed by atoms with E-state index in [0.717, 1.165) is 28.3 Å². The molecular weight excluding hydrogens is 538 g/mol. The molecule has 9 nitrogen and oxygen atoms in total. The molecule has 0 saturated carbocycles. The van der Waals surface area contributed by atoms with Crippen LogP contribution in [0, 0.1) is 13.8 Å². The lowest BCUT2D eigenvalue weighted by molar-refractivity contribution is -0.119. The van der Waals surface area contributed by atoms with Crippen molar-refractivity contribution in [3.63, 3.8) is 0 Å². The van der Waals surface area contributed by atoms with Gasteiger partial charge in [0.1, 0.15) is 18.9 Å². The molecule has 208 valence electrons. The highest BCUT2D eigenvalue weighted by Gasteiger charge is 2.29. The first-order chi connectivity index (χ1) is 18.6. The topological polar surface area (TPSA) is 113 Å². The van der Waals surface area contributed by atoms with Gasteiger partial charge in [-0.3, -0.25) is 9.10 Å². The molecule has 0 atom stereocenters. The van der Waals surface area contributed by atoms with Crippen molar-refractivity contribution in [1.29, 1.82) is 0 Å². The zero-order chi connectivity index (χ0) is 28.0. The summed E-state index contributed by atoms with van der Waals surface area (Å²) < 4.78 is 60.6. The highest BCUT2D eigenvalue weighted by Crippen LogP contribution is 2.28. The molecule has 1 aliphatic heterocycles. The van der Waals surface area contributed by atoms with Gasteiger partial charge in [-0.05, 0) is 80.3 Å². The molecule has 0 radical (unpaired) electrons. The van der Waals surface area contributed by atoms with Gasteiger partial charge in [0.15, 0.2) is 0 Å². The summed E-state index contributed by atoms with van der Waals surface area (Å²) in [4.78, 5) is 13.2. The molecule has 1 N–H and O–H groups in total. The monoisotopic (exact) mass is 571 g/mol. The van der Waals surface area contributed by atoms with Crippen LogP contribution in [-0.4, -0.2) is 59.8 Å². The van der Waals surface area contributed by atoms with Gasteiger partial charge in [-0.2, -0.15) is 4.31 Å². The first kappa shape index (κ1) is 28.6. The Kier molecular flexibility index (Phi) is 8.94. The molecular formula is C28H33N3O6S2. The third-order valence-electron chi connectivity index (χ3n) is 6.47. The number of amides is 1. The fourth-order valence-corrected chi connectivity index (χ4v) is 7.35. The highest BCUT2D eigenvalue weighted by molar-refractivity contribution is 7.92. The zero-order valence-corrected chi connectivity index (χ0v) is 23.7. The lowest BCUT2D eigenvalue weighted by Crippen LogP contribution is -2.42. The molecule has 1 saturated heterocycles. The number of anilines is 1. The molecule has 1 fully saturated rings. The second-order valence-electron chi connectivity index (χ2n) is 9.40. The van der Waals surface area contributed by atoms with E-state index in [2.05, 4.69) is 5.32 Å². The first-order valence-corrected chi connectivity index (χ1v) is 15.6. The van der Waals surface area contributed by atoms with Crippen LogP contribution in [0.1, 0.15) is 24.0 Å². The third-order valence-corrected chi connectivity index (χ3v) is 10.2. The van der Waals surface area contributed by atoms with E-state index in [0.29, 0.717) is 24.5 Å². The van der Waals surface area contributed by atoms with E-state index >= 15 is 0 Å². The Morgan fingerprint density at radius 2 is 1.56 bits per heavy atom. The van der Waals surface area contributed by atoms with Crippen LogP contribution in [0.2, 0.25) is 0 Å². The van der Waals surface area contributed by atoms with Gasteiger partial charge in [-0.1, -0.05) is 30.3 Å². The quantitative estimate of drug-likeness (QED) is 0.353. The van der Waals surface area contributed by atoms with Crippen molar-refractivity contribution in [2.75, 3.05) is 37.1 Å². The minimum absolute atomic E-state index is 0.0947. The predicted molar refractivity (Wildman–Crippen MR) is 150 cm³/mol. The Bertz CT molecular complexity index is 1500. The van der Waals surface area contributed by atoms with Crippen LogP contribution < -0.4 is 14.4 Å². The van der Waals surface area contributed by atoms with Crippen molar-refractivity contribution >= 4 is 31.6 Å². The summed E-state index contributed by atoms with van der Waals surface area (Å²) in [5.74, 6) is -0.0145. The number of ether oxygens (including phenoxy) is 1. The number of hydrogen-bond acceptors (Lipinski definition) is 6. The molecule has 0 unspecified atom stereocenters. The number of carbonyl (C=O) groups is 1. The molecule has 3 aromatic carbocycles. The fraction of sp³-hybridized carbons (Fsp3) is 0.321. The highest BCUT2D eigenvalue weighted by atomic mass is 32.2.